The van der Waals surface area contributed by atoms with Crippen molar-refractivity contribution in [2.24, 2.45) is 0 Å². The van der Waals surface area contributed by atoms with Gasteiger partial charge in [0.25, 0.3) is 5.91 Å². The maximum atomic E-state index is 13.8. The van der Waals surface area contributed by atoms with Crippen molar-refractivity contribution in [1.29, 1.82) is 0 Å². The third kappa shape index (κ3) is 3.33. The third-order valence-corrected chi connectivity index (χ3v) is 4.44. The minimum absolute atomic E-state index is 0.376. The number of hydrogen-bond acceptors (Lipinski definition) is 2. The largest absolute Gasteiger partial charge is 0.340 e. The first-order valence-electron chi connectivity index (χ1n) is 7.10. The number of halogens is 3. The Kier molecular flexibility index (Phi) is 4.66. The van der Waals surface area contributed by atoms with Crippen LogP contribution in [0.25, 0.3) is 0 Å². The van der Waals surface area contributed by atoms with Gasteiger partial charge in [0.2, 0.25) is 0 Å². The van der Waals surface area contributed by atoms with Crippen molar-refractivity contribution >= 4 is 17.2 Å². The second-order valence-corrected chi connectivity index (χ2v) is 6.05. The Bertz CT molecular complexity index is 847. The fourth-order valence-corrected chi connectivity index (χ4v) is 3.12. The molecule has 1 atom stereocenters. The summed E-state index contributed by atoms with van der Waals surface area (Å²) in [5, 5.41) is 4.52. The van der Waals surface area contributed by atoms with Gasteiger partial charge in [-0.2, -0.15) is 0 Å². The van der Waals surface area contributed by atoms with Crippen LogP contribution in [0.15, 0.2) is 60.0 Å². The predicted molar refractivity (Wildman–Crippen MR) is 86.4 cm³/mol. The van der Waals surface area contributed by atoms with Crippen molar-refractivity contribution < 1.29 is 18.0 Å². The second-order valence-electron chi connectivity index (χ2n) is 5.07. The number of nitrogens with one attached hydrogen (secondary N) is 1. The van der Waals surface area contributed by atoms with Gasteiger partial charge in [-0.25, -0.2) is 13.2 Å². The summed E-state index contributed by atoms with van der Waals surface area (Å²) in [6.07, 6.45) is 0. The number of rotatable bonds is 4. The summed E-state index contributed by atoms with van der Waals surface area (Å²) in [7, 11) is 0. The molecule has 1 aromatic heterocycles. The lowest BCUT2D eigenvalue weighted by molar-refractivity contribution is 0.0938. The zero-order valence-corrected chi connectivity index (χ0v) is 13.1. The Morgan fingerprint density at radius 3 is 2.38 bits per heavy atom. The minimum Gasteiger partial charge on any atom is -0.340 e. The molecule has 1 unspecified atom stereocenters. The van der Waals surface area contributed by atoms with Gasteiger partial charge in [-0.15, -0.1) is 11.3 Å². The van der Waals surface area contributed by atoms with Crippen LogP contribution in [0.3, 0.4) is 0 Å². The van der Waals surface area contributed by atoms with Crippen LogP contribution in [0.1, 0.15) is 26.8 Å². The molecular formula is C18H12F3NOS. The molecule has 0 radical (unpaired) electrons. The zero-order valence-electron chi connectivity index (χ0n) is 12.3. The van der Waals surface area contributed by atoms with Crippen LogP contribution in [0, 0.1) is 17.5 Å². The van der Waals surface area contributed by atoms with Crippen LogP contribution in [0.2, 0.25) is 0 Å². The summed E-state index contributed by atoms with van der Waals surface area (Å²) >= 11 is 1.40. The third-order valence-electron chi connectivity index (χ3n) is 3.50. The Balaban J connectivity index is 1.94. The molecule has 122 valence electrons. The number of amides is 1. The molecule has 24 heavy (non-hydrogen) atoms. The molecule has 3 rings (SSSR count). The number of carbonyl (C=O) groups excluding carboxylic acids is 1. The van der Waals surface area contributed by atoms with Crippen LogP contribution >= 0.6 is 11.3 Å². The molecule has 0 spiro atoms. The Morgan fingerprint density at radius 1 is 0.958 bits per heavy atom. The van der Waals surface area contributed by atoms with Crippen molar-refractivity contribution in [2.45, 2.75) is 6.04 Å². The highest BCUT2D eigenvalue weighted by Gasteiger charge is 2.21. The van der Waals surface area contributed by atoms with Crippen molar-refractivity contribution in [2.75, 3.05) is 0 Å². The van der Waals surface area contributed by atoms with Crippen molar-refractivity contribution in [3.05, 3.63) is 93.4 Å². The van der Waals surface area contributed by atoms with Gasteiger partial charge in [-0.05, 0) is 41.3 Å². The lowest BCUT2D eigenvalue weighted by atomic mass is 10.0. The number of thiophene rings is 1. The van der Waals surface area contributed by atoms with Crippen LogP contribution < -0.4 is 5.32 Å². The van der Waals surface area contributed by atoms with E-state index in [0.717, 1.165) is 10.9 Å². The van der Waals surface area contributed by atoms with Gasteiger partial charge in [0, 0.05) is 4.88 Å². The molecule has 6 heteroatoms. The summed E-state index contributed by atoms with van der Waals surface area (Å²) in [4.78, 5) is 13.2. The molecule has 1 heterocycles. The summed E-state index contributed by atoms with van der Waals surface area (Å²) < 4.78 is 40.3. The zero-order chi connectivity index (χ0) is 17.1. The van der Waals surface area contributed by atoms with E-state index >= 15 is 0 Å². The van der Waals surface area contributed by atoms with Gasteiger partial charge in [-0.3, -0.25) is 4.79 Å². The van der Waals surface area contributed by atoms with E-state index in [1.54, 1.807) is 18.2 Å². The smallest absolute Gasteiger partial charge is 0.255 e. The number of hydrogen-bond donors (Lipinski definition) is 1. The topological polar surface area (TPSA) is 29.1 Å². The highest BCUT2D eigenvalue weighted by atomic mass is 32.1. The highest BCUT2D eigenvalue weighted by Crippen LogP contribution is 2.27. The average Bonchev–Trinajstić information content (AvgIpc) is 3.10. The molecule has 0 bridgehead atoms. The lowest BCUT2D eigenvalue weighted by Crippen LogP contribution is -2.29. The molecule has 0 saturated heterocycles. The van der Waals surface area contributed by atoms with E-state index in [2.05, 4.69) is 5.32 Å². The van der Waals surface area contributed by atoms with Gasteiger partial charge in [0.15, 0.2) is 11.6 Å². The summed E-state index contributed by atoms with van der Waals surface area (Å²) in [6, 6.07) is 12.1. The van der Waals surface area contributed by atoms with E-state index < -0.39 is 29.4 Å². The Labute approximate surface area is 140 Å². The number of benzene rings is 2. The molecule has 2 aromatic carbocycles. The summed E-state index contributed by atoms with van der Waals surface area (Å²) in [5.74, 6) is -3.42. The van der Waals surface area contributed by atoms with Crippen molar-refractivity contribution in [3.63, 3.8) is 0 Å². The first-order valence-corrected chi connectivity index (χ1v) is 7.98. The fourth-order valence-electron chi connectivity index (χ4n) is 2.32. The van der Waals surface area contributed by atoms with Crippen LogP contribution in [-0.2, 0) is 0 Å². The fraction of sp³-hybridized carbons (Fsp3) is 0.0556. The summed E-state index contributed by atoms with van der Waals surface area (Å²) in [5.41, 5.74) is 0.266. The lowest BCUT2D eigenvalue weighted by Gasteiger charge is -2.18. The van der Waals surface area contributed by atoms with E-state index in [4.69, 9.17) is 0 Å². The Morgan fingerprint density at radius 2 is 1.71 bits per heavy atom. The second kappa shape index (κ2) is 6.88. The van der Waals surface area contributed by atoms with E-state index in [-0.39, 0.29) is 5.56 Å². The number of carbonyl (C=O) groups is 1. The highest BCUT2D eigenvalue weighted by molar-refractivity contribution is 7.10. The van der Waals surface area contributed by atoms with Gasteiger partial charge in [0.1, 0.15) is 5.82 Å². The molecule has 3 aromatic rings. The van der Waals surface area contributed by atoms with Crippen molar-refractivity contribution in [1.82, 2.24) is 5.32 Å². The first kappa shape index (κ1) is 16.3. The molecule has 1 N–H and O–H groups in total. The molecule has 0 saturated carbocycles. The van der Waals surface area contributed by atoms with E-state index in [1.165, 1.54) is 35.6 Å². The van der Waals surface area contributed by atoms with Gasteiger partial charge < -0.3 is 5.32 Å². The molecule has 0 aliphatic rings. The van der Waals surface area contributed by atoms with E-state index in [1.807, 2.05) is 11.4 Å². The van der Waals surface area contributed by atoms with Gasteiger partial charge >= 0.3 is 0 Å². The van der Waals surface area contributed by atoms with E-state index in [0.29, 0.717) is 5.56 Å². The van der Waals surface area contributed by atoms with Gasteiger partial charge in [0.05, 0.1) is 11.6 Å². The molecule has 0 fully saturated rings. The SMILES string of the molecule is O=C(NC(c1ccc(F)cc1)c1cccs1)c1cccc(F)c1F. The quantitative estimate of drug-likeness (QED) is 0.729. The van der Waals surface area contributed by atoms with E-state index in [9.17, 15) is 18.0 Å². The minimum atomic E-state index is -1.20. The maximum Gasteiger partial charge on any atom is 0.255 e. The predicted octanol–water partition coefficient (Wildman–Crippen LogP) is 4.68. The van der Waals surface area contributed by atoms with Crippen molar-refractivity contribution in [3.8, 4) is 0 Å². The molecule has 0 aliphatic carbocycles. The molecular weight excluding hydrogens is 335 g/mol. The van der Waals surface area contributed by atoms with Crippen LogP contribution in [0.4, 0.5) is 13.2 Å². The van der Waals surface area contributed by atoms with Crippen LogP contribution in [0.5, 0.6) is 0 Å². The Hall–Kier alpha value is -2.60. The molecule has 2 nitrogen and oxygen atoms in total. The maximum absolute atomic E-state index is 13.8. The first-order chi connectivity index (χ1) is 11.6. The normalized spacial score (nSPS) is 12.0. The monoisotopic (exact) mass is 347 g/mol. The average molecular weight is 347 g/mol. The summed E-state index contributed by atoms with van der Waals surface area (Å²) in [6.45, 7) is 0. The van der Waals surface area contributed by atoms with Crippen LogP contribution in [-0.4, -0.2) is 5.91 Å². The van der Waals surface area contributed by atoms with Gasteiger partial charge in [-0.1, -0.05) is 24.3 Å². The molecule has 1 amide bonds. The standard InChI is InChI=1S/C18H12F3NOS/c19-12-8-6-11(7-9-12)17(15-5-2-10-24-15)22-18(23)13-3-1-4-14(20)16(13)21/h1-10,17H,(H,22,23). The molecule has 0 aliphatic heterocycles.